The number of hydrogen-bond acceptors (Lipinski definition) is 3. The Hall–Kier alpha value is -1.91. The Bertz CT molecular complexity index is 364. The quantitative estimate of drug-likeness (QED) is 0.773. The van der Waals surface area contributed by atoms with Crippen molar-refractivity contribution in [3.63, 3.8) is 0 Å². The number of hydrogen-bond donors (Lipinski definition) is 1. The van der Waals surface area contributed by atoms with E-state index < -0.39 is 24.5 Å². The van der Waals surface area contributed by atoms with Crippen LogP contribution in [0.5, 0.6) is 0 Å². The Morgan fingerprint density at radius 1 is 1.31 bits per heavy atom. The minimum atomic E-state index is -2.21. The van der Waals surface area contributed by atoms with Crippen LogP contribution in [0, 0.1) is 0 Å². The summed E-state index contributed by atoms with van der Waals surface area (Å²) in [5.41, 5.74) is 0.765. The second-order valence-electron chi connectivity index (χ2n) is 3.16. The zero-order chi connectivity index (χ0) is 12.0. The molecule has 86 valence electrons. The topological polar surface area (TPSA) is 63.6 Å². The first-order chi connectivity index (χ1) is 7.59. The van der Waals surface area contributed by atoms with Gasteiger partial charge in [0.1, 0.15) is 6.61 Å². The molecule has 0 radical (unpaired) electrons. The molecule has 0 amide bonds. The van der Waals surface area contributed by atoms with Gasteiger partial charge in [0.2, 0.25) is 6.17 Å². The van der Waals surface area contributed by atoms with Gasteiger partial charge in [0.05, 0.1) is 6.42 Å². The summed E-state index contributed by atoms with van der Waals surface area (Å²) in [6.45, 7) is 0.0199. The molecule has 0 aliphatic carbocycles. The van der Waals surface area contributed by atoms with Crippen LogP contribution in [0.25, 0.3) is 0 Å². The number of halogens is 1. The van der Waals surface area contributed by atoms with Crippen LogP contribution in [0.15, 0.2) is 30.3 Å². The Balaban J connectivity index is 2.33. The van der Waals surface area contributed by atoms with E-state index in [1.165, 1.54) is 0 Å². The summed E-state index contributed by atoms with van der Waals surface area (Å²) < 4.78 is 17.3. The summed E-state index contributed by atoms with van der Waals surface area (Å²) in [4.78, 5) is 21.1. The molecule has 0 aliphatic heterocycles. The average molecular weight is 226 g/mol. The molecule has 0 heterocycles. The van der Waals surface area contributed by atoms with Crippen LogP contribution < -0.4 is 0 Å². The minimum absolute atomic E-state index is 0.0199. The van der Waals surface area contributed by atoms with Crippen LogP contribution in [-0.4, -0.2) is 23.2 Å². The first kappa shape index (κ1) is 12.2. The Kier molecular flexibility index (Phi) is 4.44. The molecule has 1 aromatic carbocycles. The standard InChI is InChI=1S/C11H11FO4/c12-9(11(14)15)6-10(13)16-7-8-4-2-1-3-5-8/h1-5,9H,6-7H2,(H,14,15)/t9-/m0/s1. The van der Waals surface area contributed by atoms with E-state index in [9.17, 15) is 14.0 Å². The van der Waals surface area contributed by atoms with Crippen molar-refractivity contribution in [2.24, 2.45) is 0 Å². The fourth-order valence-electron chi connectivity index (χ4n) is 1.03. The van der Waals surface area contributed by atoms with Crippen molar-refractivity contribution in [1.29, 1.82) is 0 Å². The summed E-state index contributed by atoms with van der Waals surface area (Å²) in [5.74, 6) is -2.52. The number of carboxylic acids is 1. The SMILES string of the molecule is O=C(C[C@H](F)C(=O)O)OCc1ccccc1. The predicted octanol–water partition coefficient (Wildman–Crippen LogP) is 1.54. The second-order valence-corrected chi connectivity index (χ2v) is 3.16. The van der Waals surface area contributed by atoms with Crippen molar-refractivity contribution >= 4 is 11.9 Å². The molecular weight excluding hydrogens is 215 g/mol. The third-order valence-corrected chi connectivity index (χ3v) is 1.86. The lowest BCUT2D eigenvalue weighted by molar-refractivity contribution is -0.153. The molecule has 4 nitrogen and oxygen atoms in total. The van der Waals surface area contributed by atoms with E-state index in [0.29, 0.717) is 0 Å². The van der Waals surface area contributed by atoms with Gasteiger partial charge < -0.3 is 9.84 Å². The van der Waals surface area contributed by atoms with Crippen LogP contribution >= 0.6 is 0 Å². The van der Waals surface area contributed by atoms with E-state index in [4.69, 9.17) is 9.84 Å². The average Bonchev–Trinajstić information content (AvgIpc) is 2.27. The van der Waals surface area contributed by atoms with Crippen molar-refractivity contribution in [1.82, 2.24) is 0 Å². The lowest BCUT2D eigenvalue weighted by Gasteiger charge is -2.05. The molecule has 0 aliphatic rings. The maximum atomic E-state index is 12.6. The van der Waals surface area contributed by atoms with Crippen LogP contribution in [0.2, 0.25) is 0 Å². The van der Waals surface area contributed by atoms with Crippen molar-refractivity contribution in [2.45, 2.75) is 19.2 Å². The van der Waals surface area contributed by atoms with Crippen molar-refractivity contribution < 1.29 is 23.8 Å². The summed E-state index contributed by atoms with van der Waals surface area (Å²) in [7, 11) is 0. The van der Waals surface area contributed by atoms with Gasteiger partial charge in [0, 0.05) is 0 Å². The Morgan fingerprint density at radius 2 is 1.94 bits per heavy atom. The molecule has 16 heavy (non-hydrogen) atoms. The number of alkyl halides is 1. The molecule has 0 bridgehead atoms. The van der Waals surface area contributed by atoms with Gasteiger partial charge in [-0.15, -0.1) is 0 Å². The van der Waals surface area contributed by atoms with Crippen LogP contribution in [0.3, 0.4) is 0 Å². The highest BCUT2D eigenvalue weighted by molar-refractivity contribution is 5.80. The first-order valence-corrected chi connectivity index (χ1v) is 4.66. The zero-order valence-corrected chi connectivity index (χ0v) is 8.43. The maximum Gasteiger partial charge on any atom is 0.338 e. The van der Waals surface area contributed by atoms with Crippen LogP contribution in [0.1, 0.15) is 12.0 Å². The maximum absolute atomic E-state index is 12.6. The molecule has 0 fully saturated rings. The molecule has 1 atom stereocenters. The molecule has 1 aromatic rings. The minimum Gasteiger partial charge on any atom is -0.479 e. The first-order valence-electron chi connectivity index (χ1n) is 4.66. The van der Waals surface area contributed by atoms with E-state index in [2.05, 4.69) is 0 Å². The number of rotatable bonds is 5. The summed E-state index contributed by atoms with van der Waals surface area (Å²) in [6.07, 6.45) is -2.97. The zero-order valence-electron chi connectivity index (χ0n) is 8.43. The Labute approximate surface area is 91.7 Å². The van der Waals surface area contributed by atoms with E-state index in [1.54, 1.807) is 24.3 Å². The van der Waals surface area contributed by atoms with Crippen molar-refractivity contribution in [3.8, 4) is 0 Å². The molecule has 0 spiro atoms. The highest BCUT2D eigenvalue weighted by atomic mass is 19.1. The van der Waals surface area contributed by atoms with Crippen molar-refractivity contribution in [3.05, 3.63) is 35.9 Å². The van der Waals surface area contributed by atoms with Gasteiger partial charge in [-0.1, -0.05) is 30.3 Å². The third kappa shape index (κ3) is 4.08. The fraction of sp³-hybridized carbons (Fsp3) is 0.273. The van der Waals surface area contributed by atoms with Gasteiger partial charge in [0.15, 0.2) is 0 Å². The number of benzene rings is 1. The van der Waals surface area contributed by atoms with Crippen molar-refractivity contribution in [2.75, 3.05) is 0 Å². The van der Waals surface area contributed by atoms with Gasteiger partial charge in [-0.05, 0) is 5.56 Å². The molecule has 1 rings (SSSR count). The van der Waals surface area contributed by atoms with Gasteiger partial charge in [-0.3, -0.25) is 4.79 Å². The summed E-state index contributed by atoms with van der Waals surface area (Å²) in [6, 6.07) is 8.86. The molecule has 5 heteroatoms. The molecule has 1 N–H and O–H groups in total. The smallest absolute Gasteiger partial charge is 0.338 e. The normalized spacial score (nSPS) is 11.8. The number of carbonyl (C=O) groups is 2. The van der Waals surface area contributed by atoms with Gasteiger partial charge in [-0.25, -0.2) is 9.18 Å². The van der Waals surface area contributed by atoms with E-state index in [0.717, 1.165) is 5.56 Å². The Morgan fingerprint density at radius 3 is 2.50 bits per heavy atom. The lowest BCUT2D eigenvalue weighted by atomic mass is 10.2. The van der Waals surface area contributed by atoms with Gasteiger partial charge in [-0.2, -0.15) is 0 Å². The van der Waals surface area contributed by atoms with Gasteiger partial charge in [0.25, 0.3) is 0 Å². The number of carbonyl (C=O) groups excluding carboxylic acids is 1. The van der Waals surface area contributed by atoms with Gasteiger partial charge >= 0.3 is 11.9 Å². The third-order valence-electron chi connectivity index (χ3n) is 1.86. The number of aliphatic carboxylic acids is 1. The fourth-order valence-corrected chi connectivity index (χ4v) is 1.03. The van der Waals surface area contributed by atoms with E-state index in [-0.39, 0.29) is 6.61 Å². The highest BCUT2D eigenvalue weighted by Crippen LogP contribution is 2.04. The molecular formula is C11H11FO4. The second kappa shape index (κ2) is 5.85. The molecule has 0 saturated heterocycles. The summed E-state index contributed by atoms with van der Waals surface area (Å²) >= 11 is 0. The number of carboxylic acid groups (broad SMARTS) is 1. The highest BCUT2D eigenvalue weighted by Gasteiger charge is 2.20. The van der Waals surface area contributed by atoms with Crippen LogP contribution in [-0.2, 0) is 20.9 Å². The largest absolute Gasteiger partial charge is 0.479 e. The number of ether oxygens (including phenoxy) is 1. The summed E-state index contributed by atoms with van der Waals surface area (Å²) in [5, 5.41) is 8.23. The monoisotopic (exact) mass is 226 g/mol. The van der Waals surface area contributed by atoms with Crippen LogP contribution in [0.4, 0.5) is 4.39 Å². The molecule has 0 saturated carbocycles. The molecule has 0 unspecified atom stereocenters. The van der Waals surface area contributed by atoms with E-state index in [1.807, 2.05) is 6.07 Å². The van der Waals surface area contributed by atoms with E-state index >= 15 is 0 Å². The number of esters is 1. The molecule has 0 aromatic heterocycles. The predicted molar refractivity (Wildman–Crippen MR) is 53.4 cm³/mol. The lowest BCUT2D eigenvalue weighted by Crippen LogP contribution is -2.20.